The van der Waals surface area contributed by atoms with Crippen molar-refractivity contribution in [2.45, 2.75) is 13.8 Å². The molecule has 186 valence electrons. The van der Waals surface area contributed by atoms with Crippen LogP contribution in [0.5, 0.6) is 5.75 Å². The normalized spacial score (nSPS) is 11.8. The molecule has 0 aliphatic carbocycles. The summed E-state index contributed by atoms with van der Waals surface area (Å²) in [5.74, 6) is 0.466. The first kappa shape index (κ1) is 23.5. The van der Waals surface area contributed by atoms with Gasteiger partial charge in [-0.3, -0.25) is 9.59 Å². The Labute approximate surface area is 221 Å². The Hall–Kier alpha value is -4.89. The third-order valence-corrected chi connectivity index (χ3v) is 6.89. The Morgan fingerprint density at radius 3 is 2.32 bits per heavy atom. The molecule has 8 nitrogen and oxygen atoms in total. The van der Waals surface area contributed by atoms with Gasteiger partial charge < -0.3 is 4.74 Å². The molecule has 9 heteroatoms. The van der Waals surface area contributed by atoms with E-state index < -0.39 is 5.97 Å². The smallest absolute Gasteiger partial charge is 0.308 e. The van der Waals surface area contributed by atoms with E-state index in [0.717, 1.165) is 28.1 Å². The predicted octanol–water partition coefficient (Wildman–Crippen LogP) is 4.45. The summed E-state index contributed by atoms with van der Waals surface area (Å²) < 4.78 is 8.72. The van der Waals surface area contributed by atoms with Crippen LogP contribution in [-0.4, -0.2) is 30.3 Å². The van der Waals surface area contributed by atoms with Gasteiger partial charge in [-0.05, 0) is 49.4 Å². The highest BCUT2D eigenvalue weighted by atomic mass is 32.1. The van der Waals surface area contributed by atoms with Crippen molar-refractivity contribution in [1.82, 2.24) is 24.4 Å². The number of hydrogen-bond acceptors (Lipinski definition) is 7. The van der Waals surface area contributed by atoms with Gasteiger partial charge in [0.2, 0.25) is 4.96 Å². The summed E-state index contributed by atoms with van der Waals surface area (Å²) >= 11 is 1.27. The number of rotatable bonds is 5. The molecule has 0 aliphatic heterocycles. The molecule has 0 saturated heterocycles. The second-order valence-electron chi connectivity index (χ2n) is 8.74. The number of hydrogen-bond donors (Lipinski definition) is 0. The lowest BCUT2D eigenvalue weighted by molar-refractivity contribution is -0.131. The van der Waals surface area contributed by atoms with Crippen LogP contribution in [0.15, 0.2) is 89.9 Å². The zero-order chi connectivity index (χ0) is 26.2. The molecule has 0 saturated carbocycles. The molecule has 0 atom stereocenters. The van der Waals surface area contributed by atoms with Crippen LogP contribution in [0.2, 0.25) is 0 Å². The Balaban J connectivity index is 1.41. The Kier molecular flexibility index (Phi) is 5.89. The van der Waals surface area contributed by atoms with Crippen LogP contribution in [0.3, 0.4) is 0 Å². The zero-order valence-corrected chi connectivity index (χ0v) is 21.3. The number of aryl methyl sites for hydroxylation is 1. The standard InChI is InChI=1S/C29H21N5O3S/c1-18-8-10-20(11-9-18)26-22(17-33(31-26)23-6-4-3-5-7-23)16-25-28(36)34-29(38-25)30-27(32-34)21-12-14-24(15-13-21)37-19(2)35/h3-17H,1-2H3/b25-16-. The maximum absolute atomic E-state index is 13.3. The topological polar surface area (TPSA) is 91.4 Å². The molecule has 3 aromatic carbocycles. The fourth-order valence-corrected chi connectivity index (χ4v) is 4.98. The van der Waals surface area contributed by atoms with Crippen LogP contribution >= 0.6 is 11.3 Å². The van der Waals surface area contributed by atoms with Gasteiger partial charge >= 0.3 is 5.97 Å². The lowest BCUT2D eigenvalue weighted by atomic mass is 10.1. The minimum atomic E-state index is -0.391. The van der Waals surface area contributed by atoms with E-state index in [-0.39, 0.29) is 5.56 Å². The van der Waals surface area contributed by atoms with E-state index in [2.05, 4.69) is 10.1 Å². The maximum atomic E-state index is 13.3. The molecule has 6 aromatic rings. The largest absolute Gasteiger partial charge is 0.427 e. The van der Waals surface area contributed by atoms with Gasteiger partial charge in [-0.15, -0.1) is 5.10 Å². The highest BCUT2D eigenvalue weighted by Gasteiger charge is 2.15. The Morgan fingerprint density at radius 2 is 1.63 bits per heavy atom. The summed E-state index contributed by atoms with van der Waals surface area (Å²) in [5.41, 5.74) is 5.11. The van der Waals surface area contributed by atoms with Gasteiger partial charge in [0, 0.05) is 29.8 Å². The van der Waals surface area contributed by atoms with Gasteiger partial charge in [0.1, 0.15) is 5.75 Å². The van der Waals surface area contributed by atoms with Crippen molar-refractivity contribution in [3.8, 4) is 34.1 Å². The monoisotopic (exact) mass is 519 g/mol. The van der Waals surface area contributed by atoms with E-state index in [9.17, 15) is 9.59 Å². The van der Waals surface area contributed by atoms with Gasteiger partial charge in [0.25, 0.3) is 5.56 Å². The van der Waals surface area contributed by atoms with Crippen molar-refractivity contribution in [1.29, 1.82) is 0 Å². The van der Waals surface area contributed by atoms with Crippen LogP contribution in [0.1, 0.15) is 18.1 Å². The van der Waals surface area contributed by atoms with Gasteiger partial charge in [0.05, 0.1) is 15.9 Å². The highest BCUT2D eigenvalue weighted by molar-refractivity contribution is 7.15. The molecule has 0 amide bonds. The molecule has 0 fully saturated rings. The van der Waals surface area contributed by atoms with Crippen molar-refractivity contribution in [3.63, 3.8) is 0 Å². The summed E-state index contributed by atoms with van der Waals surface area (Å²) in [4.78, 5) is 29.5. The molecule has 3 aromatic heterocycles. The SMILES string of the molecule is CC(=O)Oc1ccc(-c2nc3s/c(=C\c4cn(-c5ccccc5)nc4-c4ccc(C)cc4)c(=O)n3n2)cc1. The summed E-state index contributed by atoms with van der Waals surface area (Å²) in [6, 6.07) is 24.8. The minimum absolute atomic E-state index is 0.248. The average molecular weight is 520 g/mol. The van der Waals surface area contributed by atoms with Crippen molar-refractivity contribution in [3.05, 3.63) is 111 Å². The fourth-order valence-electron chi connectivity index (χ4n) is 4.08. The molecule has 6 rings (SSSR count). The third kappa shape index (κ3) is 4.51. The second kappa shape index (κ2) is 9.53. The van der Waals surface area contributed by atoms with E-state index in [0.29, 0.717) is 26.6 Å². The fraction of sp³-hybridized carbons (Fsp3) is 0.0690. The van der Waals surface area contributed by atoms with Gasteiger partial charge in [-0.1, -0.05) is 59.4 Å². The van der Waals surface area contributed by atoms with Crippen LogP contribution in [0.25, 0.3) is 39.4 Å². The van der Waals surface area contributed by atoms with Gasteiger partial charge in [0.15, 0.2) is 5.82 Å². The molecule has 0 aliphatic rings. The van der Waals surface area contributed by atoms with Crippen LogP contribution in [0.4, 0.5) is 0 Å². The molecule has 0 spiro atoms. The number of fused-ring (bicyclic) bond motifs is 1. The van der Waals surface area contributed by atoms with Crippen molar-refractivity contribution in [2.75, 3.05) is 0 Å². The number of thiazole rings is 1. The van der Waals surface area contributed by atoms with E-state index in [1.54, 1.807) is 24.3 Å². The van der Waals surface area contributed by atoms with E-state index in [1.807, 2.05) is 78.5 Å². The molecular weight excluding hydrogens is 498 g/mol. The number of carbonyl (C=O) groups is 1. The Bertz CT molecular complexity index is 1890. The van der Waals surface area contributed by atoms with E-state index >= 15 is 0 Å². The maximum Gasteiger partial charge on any atom is 0.308 e. The van der Waals surface area contributed by atoms with Crippen LogP contribution in [-0.2, 0) is 4.79 Å². The quantitative estimate of drug-likeness (QED) is 0.247. The summed E-state index contributed by atoms with van der Waals surface area (Å²) in [6.45, 7) is 3.39. The van der Waals surface area contributed by atoms with Crippen LogP contribution in [0, 0.1) is 6.92 Å². The third-order valence-electron chi connectivity index (χ3n) is 5.93. The zero-order valence-electron chi connectivity index (χ0n) is 20.5. The minimum Gasteiger partial charge on any atom is -0.427 e. The molecule has 0 N–H and O–H groups in total. The number of aromatic nitrogens is 5. The molecule has 3 heterocycles. The number of para-hydroxylation sites is 1. The number of carbonyl (C=O) groups excluding carboxylic acids is 1. The molecule has 0 bridgehead atoms. The van der Waals surface area contributed by atoms with Crippen LogP contribution < -0.4 is 14.8 Å². The van der Waals surface area contributed by atoms with Crippen molar-refractivity contribution < 1.29 is 9.53 Å². The van der Waals surface area contributed by atoms with Gasteiger partial charge in [-0.2, -0.15) is 14.6 Å². The Morgan fingerprint density at radius 1 is 0.921 bits per heavy atom. The number of esters is 1. The molecule has 0 radical (unpaired) electrons. The molecule has 38 heavy (non-hydrogen) atoms. The number of ether oxygens (including phenoxy) is 1. The lowest BCUT2D eigenvalue weighted by Crippen LogP contribution is -2.23. The van der Waals surface area contributed by atoms with Crippen molar-refractivity contribution >= 4 is 28.3 Å². The summed E-state index contributed by atoms with van der Waals surface area (Å²) in [5, 5.41) is 9.28. The van der Waals surface area contributed by atoms with Gasteiger partial charge in [-0.25, -0.2) is 4.68 Å². The summed E-state index contributed by atoms with van der Waals surface area (Å²) in [6.07, 6.45) is 3.77. The molecular formula is C29H21N5O3S. The summed E-state index contributed by atoms with van der Waals surface area (Å²) in [7, 11) is 0. The van der Waals surface area contributed by atoms with Crippen molar-refractivity contribution in [2.24, 2.45) is 0 Å². The van der Waals surface area contributed by atoms with E-state index in [4.69, 9.17) is 9.84 Å². The first-order valence-corrected chi connectivity index (χ1v) is 12.7. The number of benzene rings is 3. The second-order valence-corrected chi connectivity index (χ2v) is 9.75. The molecule has 0 unspecified atom stereocenters. The highest BCUT2D eigenvalue weighted by Crippen LogP contribution is 2.25. The average Bonchev–Trinajstić information content (AvgIpc) is 3.60. The first-order valence-electron chi connectivity index (χ1n) is 11.9. The lowest BCUT2D eigenvalue weighted by Gasteiger charge is -2.01. The first-order chi connectivity index (χ1) is 18.4. The number of nitrogens with zero attached hydrogens (tertiary/aromatic N) is 5. The van der Waals surface area contributed by atoms with E-state index in [1.165, 1.54) is 22.8 Å². The predicted molar refractivity (Wildman–Crippen MR) is 146 cm³/mol.